The zero-order valence-corrected chi connectivity index (χ0v) is 67.2. The highest BCUT2D eigenvalue weighted by molar-refractivity contribution is 7.47. The van der Waals surface area contributed by atoms with Gasteiger partial charge >= 0.3 is 39.5 Å². The van der Waals surface area contributed by atoms with Gasteiger partial charge in [-0.05, 0) is 135 Å². The molecule has 0 amide bonds. The van der Waals surface area contributed by atoms with Gasteiger partial charge in [-0.1, -0.05) is 297 Å². The summed E-state index contributed by atoms with van der Waals surface area (Å²) in [4.78, 5) is 73.0. The molecule has 0 saturated heterocycles. The predicted molar refractivity (Wildman–Crippen MR) is 427 cm³/mol. The smallest absolute Gasteiger partial charge is 0.462 e. The van der Waals surface area contributed by atoms with Crippen molar-refractivity contribution in [2.75, 3.05) is 39.6 Å². The lowest BCUT2D eigenvalue weighted by atomic mass is 10.1. The van der Waals surface area contributed by atoms with Crippen molar-refractivity contribution < 1.29 is 80.2 Å². The summed E-state index contributed by atoms with van der Waals surface area (Å²) in [5.74, 6) is -2.21. The summed E-state index contributed by atoms with van der Waals surface area (Å²) in [6.45, 7) is 4.60. The van der Waals surface area contributed by atoms with Crippen LogP contribution in [-0.4, -0.2) is 96.7 Å². The van der Waals surface area contributed by atoms with Gasteiger partial charge < -0.3 is 33.8 Å². The molecule has 5 atom stereocenters. The minimum absolute atomic E-state index is 0.0623. The fraction of sp³-hybridized carbons (Fsp3) is 0.718. The molecule has 0 aliphatic carbocycles. The van der Waals surface area contributed by atoms with Gasteiger partial charge in [0.25, 0.3) is 0 Å². The number of hydrogen-bond donors (Lipinski definition) is 3. The van der Waals surface area contributed by atoms with E-state index in [0.29, 0.717) is 25.7 Å². The van der Waals surface area contributed by atoms with Crippen LogP contribution in [0.1, 0.15) is 336 Å². The van der Waals surface area contributed by atoms with E-state index in [9.17, 15) is 43.2 Å². The fourth-order valence-electron chi connectivity index (χ4n) is 10.8. The third-order valence-corrected chi connectivity index (χ3v) is 18.8. The molecule has 0 aromatic rings. The van der Waals surface area contributed by atoms with E-state index >= 15 is 0 Å². The van der Waals surface area contributed by atoms with Gasteiger partial charge in [0.1, 0.15) is 19.3 Å². The average molecular weight is 1500 g/mol. The van der Waals surface area contributed by atoms with Crippen molar-refractivity contribution in [1.82, 2.24) is 0 Å². The molecular formula is C85H146O17P2. The zero-order chi connectivity index (χ0) is 76.0. The Balaban J connectivity index is 5.36. The summed E-state index contributed by atoms with van der Waals surface area (Å²) in [5, 5.41) is 10.6. The average Bonchev–Trinajstić information content (AvgIpc) is 0.908. The Hall–Kier alpha value is -4.54. The maximum Gasteiger partial charge on any atom is 0.472 e. The molecule has 0 aromatic heterocycles. The van der Waals surface area contributed by atoms with Crippen LogP contribution in [0.4, 0.5) is 0 Å². The largest absolute Gasteiger partial charge is 0.472 e. The number of allylic oxidation sites excluding steroid dienone is 20. The molecule has 0 heterocycles. The number of phosphoric acid groups is 2. The van der Waals surface area contributed by atoms with Gasteiger partial charge in [-0.2, -0.15) is 0 Å². The van der Waals surface area contributed by atoms with Crippen molar-refractivity contribution in [2.24, 2.45) is 0 Å². The zero-order valence-electron chi connectivity index (χ0n) is 65.4. The van der Waals surface area contributed by atoms with Crippen LogP contribution in [0.5, 0.6) is 0 Å². The molecule has 0 radical (unpaired) electrons. The van der Waals surface area contributed by atoms with Crippen molar-refractivity contribution in [3.05, 3.63) is 122 Å². The van der Waals surface area contributed by atoms with E-state index in [2.05, 4.69) is 149 Å². The van der Waals surface area contributed by atoms with E-state index < -0.39 is 97.5 Å². The maximum absolute atomic E-state index is 13.1. The molecule has 0 aliphatic heterocycles. The number of ether oxygens (including phenoxy) is 4. The summed E-state index contributed by atoms with van der Waals surface area (Å²) < 4.78 is 68.6. The number of aliphatic hydroxyl groups excluding tert-OH is 1. The minimum Gasteiger partial charge on any atom is -0.462 e. The molecule has 0 bridgehead atoms. The first-order valence-electron chi connectivity index (χ1n) is 40.8. The molecular weight excluding hydrogens is 1350 g/mol. The van der Waals surface area contributed by atoms with E-state index in [1.54, 1.807) is 0 Å². The van der Waals surface area contributed by atoms with Crippen LogP contribution in [0.15, 0.2) is 122 Å². The molecule has 0 aliphatic rings. The first kappa shape index (κ1) is 99.5. The molecule has 0 saturated carbocycles. The van der Waals surface area contributed by atoms with E-state index in [0.717, 1.165) is 199 Å². The number of carbonyl (C=O) groups excluding carboxylic acids is 4. The van der Waals surface area contributed by atoms with Gasteiger partial charge in [0.15, 0.2) is 12.2 Å². The number of carbonyl (C=O) groups is 4. The van der Waals surface area contributed by atoms with Crippen LogP contribution in [-0.2, 0) is 65.4 Å². The summed E-state index contributed by atoms with van der Waals surface area (Å²) >= 11 is 0. The summed E-state index contributed by atoms with van der Waals surface area (Å²) in [6.07, 6.45) is 84.5. The van der Waals surface area contributed by atoms with Crippen LogP contribution < -0.4 is 0 Å². The Labute approximate surface area is 632 Å². The molecule has 598 valence electrons. The molecule has 3 N–H and O–H groups in total. The van der Waals surface area contributed by atoms with Crippen LogP contribution >= 0.6 is 15.6 Å². The number of rotatable bonds is 76. The third-order valence-electron chi connectivity index (χ3n) is 16.9. The topological polar surface area (TPSA) is 237 Å². The second-order valence-electron chi connectivity index (χ2n) is 27.0. The van der Waals surface area contributed by atoms with E-state index in [1.165, 1.54) is 57.8 Å². The van der Waals surface area contributed by atoms with Gasteiger partial charge in [0, 0.05) is 25.7 Å². The van der Waals surface area contributed by atoms with Gasteiger partial charge in [0.2, 0.25) is 0 Å². The Bertz CT molecular complexity index is 2440. The highest BCUT2D eigenvalue weighted by Crippen LogP contribution is 2.45. The van der Waals surface area contributed by atoms with E-state index in [4.69, 9.17) is 37.0 Å². The maximum atomic E-state index is 13.1. The van der Waals surface area contributed by atoms with Crippen LogP contribution in [0.3, 0.4) is 0 Å². The monoisotopic (exact) mass is 1500 g/mol. The Morgan fingerprint density at radius 1 is 0.279 bits per heavy atom. The predicted octanol–water partition coefficient (Wildman–Crippen LogP) is 23.9. The Morgan fingerprint density at radius 3 is 0.788 bits per heavy atom. The molecule has 0 spiro atoms. The van der Waals surface area contributed by atoms with E-state index in [1.807, 2.05) is 0 Å². The Kier molecular flexibility index (Phi) is 73.3. The van der Waals surface area contributed by atoms with Crippen LogP contribution in [0.25, 0.3) is 0 Å². The molecule has 5 unspecified atom stereocenters. The summed E-state index contributed by atoms with van der Waals surface area (Å²) in [7, 11) is -9.97. The van der Waals surface area contributed by atoms with Crippen LogP contribution in [0.2, 0.25) is 0 Å². The van der Waals surface area contributed by atoms with Crippen molar-refractivity contribution in [3.8, 4) is 0 Å². The lowest BCUT2D eigenvalue weighted by Gasteiger charge is -2.21. The normalized spacial score (nSPS) is 14.5. The third kappa shape index (κ3) is 75.7. The number of aliphatic hydroxyl groups is 1. The fourth-order valence-corrected chi connectivity index (χ4v) is 12.3. The highest BCUT2D eigenvalue weighted by Gasteiger charge is 2.30. The van der Waals surface area contributed by atoms with Crippen molar-refractivity contribution >= 4 is 39.5 Å². The number of esters is 4. The van der Waals surface area contributed by atoms with Gasteiger partial charge in [-0.15, -0.1) is 0 Å². The minimum atomic E-state index is -4.99. The quantitative estimate of drug-likeness (QED) is 0.0169. The molecule has 19 heteroatoms. The first-order valence-corrected chi connectivity index (χ1v) is 43.8. The van der Waals surface area contributed by atoms with E-state index in [-0.39, 0.29) is 25.7 Å². The number of phosphoric ester groups is 2. The second-order valence-corrected chi connectivity index (χ2v) is 29.9. The van der Waals surface area contributed by atoms with Gasteiger partial charge in [0.05, 0.1) is 26.4 Å². The molecule has 0 aromatic carbocycles. The number of hydrogen-bond acceptors (Lipinski definition) is 15. The Morgan fingerprint density at radius 2 is 0.500 bits per heavy atom. The van der Waals surface area contributed by atoms with Crippen molar-refractivity contribution in [3.63, 3.8) is 0 Å². The van der Waals surface area contributed by atoms with Gasteiger partial charge in [-0.25, -0.2) is 9.13 Å². The molecule has 0 rings (SSSR count). The molecule has 17 nitrogen and oxygen atoms in total. The summed E-state index contributed by atoms with van der Waals surface area (Å²) in [5.41, 5.74) is 0. The second kappa shape index (κ2) is 76.6. The van der Waals surface area contributed by atoms with Crippen molar-refractivity contribution in [2.45, 2.75) is 354 Å². The summed E-state index contributed by atoms with van der Waals surface area (Å²) in [6, 6.07) is 0. The standard InChI is InChI=1S/C85H146O17P2/c1-5-9-13-17-21-25-29-32-35-38-39-42-44-47-51-54-58-62-66-70-83(88)96-76-81(102-85(90)72-68-64-60-56-52-48-45-41-37-34-31-27-23-19-15-11-7-3)78-100-104(93,94)98-74-79(86)73-97-103(91,92)99-77-80(101-84(89)71-67-63-59-55-49-28-24-20-16-12-8-4)75-95-82(87)69-65-61-57-53-50-46-43-40-36-33-30-26-22-18-14-10-6-2/h10-11,14-15,21-23,25-27,32-37,39,42,45,48,79-81,86H,5-9,12-13,16-20,24,28-31,38,40-41,43-44,46-47,49-78H2,1-4H3,(H,91,92)(H,93,94)/b14-10-,15-11-,25-21-,26-22-,27-23-,35-32-,36-33-,37-34-,42-39-,48-45-. The van der Waals surface area contributed by atoms with Crippen molar-refractivity contribution in [1.29, 1.82) is 0 Å². The van der Waals surface area contributed by atoms with Gasteiger partial charge in [-0.3, -0.25) is 37.3 Å². The highest BCUT2D eigenvalue weighted by atomic mass is 31.2. The first-order chi connectivity index (χ1) is 50.7. The molecule has 104 heavy (non-hydrogen) atoms. The number of unbranched alkanes of at least 4 members (excludes halogenated alkanes) is 30. The lowest BCUT2D eigenvalue weighted by molar-refractivity contribution is -0.161. The lowest BCUT2D eigenvalue weighted by Crippen LogP contribution is -2.30. The van der Waals surface area contributed by atoms with Crippen LogP contribution in [0, 0.1) is 0 Å². The SMILES string of the molecule is CC/C=C\C/C=C\C/C=C\C/C=C\CCCCCCC(=O)OC(COC(=O)CCCCCCCC/C=C\C/C=C\C/C=C\CCCCC)COP(=O)(O)OCC(O)COP(=O)(O)OCC(COC(=O)CCCCCCCCC/C=C\C/C=C\C/C=C\CC)OC(=O)CCCCCCCCCCCCC. The molecule has 0 fully saturated rings.